The van der Waals surface area contributed by atoms with Gasteiger partial charge in [0.1, 0.15) is 11.6 Å². The van der Waals surface area contributed by atoms with E-state index in [-0.39, 0.29) is 11.7 Å². The Morgan fingerprint density at radius 1 is 1.00 bits per heavy atom. The van der Waals surface area contributed by atoms with Gasteiger partial charge in [0.05, 0.1) is 17.6 Å². The topological polar surface area (TPSA) is 96.7 Å². The van der Waals surface area contributed by atoms with E-state index in [9.17, 15) is 9.18 Å². The van der Waals surface area contributed by atoms with Crippen LogP contribution in [0, 0.1) is 12.7 Å². The summed E-state index contributed by atoms with van der Waals surface area (Å²) in [5, 5.41) is 6.80. The van der Waals surface area contributed by atoms with Crippen molar-refractivity contribution in [3.63, 3.8) is 0 Å². The van der Waals surface area contributed by atoms with Gasteiger partial charge in [-0.15, -0.1) is 0 Å². The van der Waals surface area contributed by atoms with Gasteiger partial charge in [0, 0.05) is 16.7 Å². The number of nitrogens with one attached hydrogen (secondary N) is 2. The van der Waals surface area contributed by atoms with Crippen LogP contribution in [0.2, 0.25) is 0 Å². The number of aryl methyl sites for hydroxylation is 1. The molecule has 0 aliphatic heterocycles. The average molecular weight is 427 g/mol. The number of nitrogens with zero attached hydrogens (tertiary/aromatic N) is 3. The third-order valence-corrected chi connectivity index (χ3v) is 5.03. The molecule has 5 rings (SSSR count). The summed E-state index contributed by atoms with van der Waals surface area (Å²) in [7, 11) is 0. The monoisotopic (exact) mass is 427 g/mol. The smallest absolute Gasteiger partial charge is 0.258 e. The summed E-state index contributed by atoms with van der Waals surface area (Å²) in [5.41, 5.74) is 4.77. The average Bonchev–Trinajstić information content (AvgIpc) is 3.45. The summed E-state index contributed by atoms with van der Waals surface area (Å²) in [6.07, 6.45) is 0. The second-order valence-electron chi connectivity index (χ2n) is 7.39. The van der Waals surface area contributed by atoms with E-state index in [0.717, 1.165) is 16.6 Å². The lowest BCUT2D eigenvalue weighted by Crippen LogP contribution is -2.23. The van der Waals surface area contributed by atoms with Crippen molar-refractivity contribution >= 4 is 16.9 Å². The Hall–Kier alpha value is -4.33. The Labute approximate surface area is 182 Å². The van der Waals surface area contributed by atoms with Crippen molar-refractivity contribution in [2.45, 2.75) is 13.5 Å². The molecule has 0 radical (unpaired) electrons. The van der Waals surface area contributed by atoms with Crippen LogP contribution >= 0.6 is 0 Å². The van der Waals surface area contributed by atoms with E-state index >= 15 is 0 Å². The number of hydrogen-bond donors (Lipinski definition) is 2. The summed E-state index contributed by atoms with van der Waals surface area (Å²) in [6, 6.07) is 18.7. The molecular weight excluding hydrogens is 409 g/mol. The van der Waals surface area contributed by atoms with Crippen molar-refractivity contribution in [2.75, 3.05) is 0 Å². The fourth-order valence-corrected chi connectivity index (χ4v) is 3.35. The van der Waals surface area contributed by atoms with E-state index in [1.54, 1.807) is 36.4 Å². The third-order valence-electron chi connectivity index (χ3n) is 5.03. The number of carbonyl (C=O) groups excluding carboxylic acids is 1. The van der Waals surface area contributed by atoms with E-state index < -0.39 is 0 Å². The first-order valence-corrected chi connectivity index (χ1v) is 9.99. The molecule has 0 fully saturated rings. The van der Waals surface area contributed by atoms with Gasteiger partial charge in [0.2, 0.25) is 5.82 Å². The minimum absolute atomic E-state index is 0.217. The van der Waals surface area contributed by atoms with Crippen molar-refractivity contribution in [1.29, 1.82) is 0 Å². The molecule has 2 N–H and O–H groups in total. The van der Waals surface area contributed by atoms with Crippen molar-refractivity contribution in [3.05, 3.63) is 89.5 Å². The van der Waals surface area contributed by atoms with Gasteiger partial charge in [-0.05, 0) is 73.2 Å². The van der Waals surface area contributed by atoms with Gasteiger partial charge in [-0.25, -0.2) is 9.37 Å². The van der Waals surface area contributed by atoms with Gasteiger partial charge in [-0.2, -0.15) is 4.98 Å². The number of amides is 1. The van der Waals surface area contributed by atoms with Gasteiger partial charge in [0.25, 0.3) is 11.8 Å². The Balaban J connectivity index is 1.25. The molecule has 0 saturated carbocycles. The second kappa shape index (κ2) is 8.07. The first-order valence-electron chi connectivity index (χ1n) is 9.99. The van der Waals surface area contributed by atoms with Crippen LogP contribution in [-0.4, -0.2) is 26.0 Å². The quantitative estimate of drug-likeness (QED) is 0.425. The van der Waals surface area contributed by atoms with E-state index in [1.165, 1.54) is 12.1 Å². The molecule has 0 atom stereocenters. The molecule has 1 amide bonds. The van der Waals surface area contributed by atoms with Gasteiger partial charge < -0.3 is 14.8 Å². The highest BCUT2D eigenvalue weighted by Crippen LogP contribution is 2.23. The number of hydrogen-bond acceptors (Lipinski definition) is 5. The number of aromatic nitrogens is 4. The molecule has 0 bridgehead atoms. The molecule has 5 aromatic rings. The summed E-state index contributed by atoms with van der Waals surface area (Å²) >= 11 is 0. The van der Waals surface area contributed by atoms with Gasteiger partial charge >= 0.3 is 0 Å². The third kappa shape index (κ3) is 3.98. The fourth-order valence-electron chi connectivity index (χ4n) is 3.35. The molecule has 158 valence electrons. The molecule has 32 heavy (non-hydrogen) atoms. The standard InChI is InChI=1S/C24H18FN5O2/c1-14-2-11-19-20(12-14)28-21(27-19)13-26-23(31)16-3-5-17(6-4-16)24-29-22(30-32-24)15-7-9-18(25)10-8-15/h2-12H,13H2,1H3,(H,26,31)(H,27,28). The Kier molecular flexibility index (Phi) is 4.95. The SMILES string of the molecule is Cc1ccc2nc(CNC(=O)c3ccc(-c4nc(-c5ccc(F)cc5)no4)cc3)[nH]c2c1. The lowest BCUT2D eigenvalue weighted by atomic mass is 10.1. The van der Waals surface area contributed by atoms with E-state index in [0.29, 0.717) is 40.8 Å². The van der Waals surface area contributed by atoms with E-state index in [4.69, 9.17) is 4.52 Å². The Morgan fingerprint density at radius 2 is 1.75 bits per heavy atom. The number of benzene rings is 3. The Bertz CT molecular complexity index is 1400. The minimum atomic E-state index is -0.332. The number of carbonyl (C=O) groups is 1. The normalized spacial score (nSPS) is 11.1. The van der Waals surface area contributed by atoms with Crippen LogP contribution < -0.4 is 5.32 Å². The zero-order chi connectivity index (χ0) is 22.1. The lowest BCUT2D eigenvalue weighted by Gasteiger charge is -2.03. The van der Waals surface area contributed by atoms with Crippen LogP contribution in [0.15, 0.2) is 71.3 Å². The number of imidazole rings is 1. The van der Waals surface area contributed by atoms with Crippen LogP contribution in [0.3, 0.4) is 0 Å². The summed E-state index contributed by atoms with van der Waals surface area (Å²) in [5.74, 6) is 0.818. The van der Waals surface area contributed by atoms with Gasteiger partial charge in [0.15, 0.2) is 0 Å². The maximum atomic E-state index is 13.1. The first-order chi connectivity index (χ1) is 15.5. The number of H-pyrrole nitrogens is 1. The van der Waals surface area contributed by atoms with Crippen LogP contribution in [0.5, 0.6) is 0 Å². The van der Waals surface area contributed by atoms with Crippen LogP contribution in [0.25, 0.3) is 33.9 Å². The Morgan fingerprint density at radius 3 is 2.53 bits per heavy atom. The second-order valence-corrected chi connectivity index (χ2v) is 7.39. The molecule has 2 heterocycles. The molecule has 2 aromatic heterocycles. The maximum Gasteiger partial charge on any atom is 0.258 e. The number of fused-ring (bicyclic) bond motifs is 1. The zero-order valence-electron chi connectivity index (χ0n) is 17.1. The molecule has 8 heteroatoms. The van der Waals surface area contributed by atoms with Crippen LogP contribution in [0.1, 0.15) is 21.7 Å². The van der Waals surface area contributed by atoms with Gasteiger partial charge in [-0.1, -0.05) is 11.2 Å². The summed E-state index contributed by atoms with van der Waals surface area (Å²) in [6.45, 7) is 2.31. The van der Waals surface area contributed by atoms with Crippen molar-refractivity contribution in [2.24, 2.45) is 0 Å². The van der Waals surface area contributed by atoms with Crippen molar-refractivity contribution in [1.82, 2.24) is 25.4 Å². The van der Waals surface area contributed by atoms with Crippen molar-refractivity contribution in [3.8, 4) is 22.8 Å². The number of halogens is 1. The highest BCUT2D eigenvalue weighted by Gasteiger charge is 2.13. The molecule has 3 aromatic carbocycles. The molecule has 7 nitrogen and oxygen atoms in total. The molecule has 0 spiro atoms. The summed E-state index contributed by atoms with van der Waals surface area (Å²) in [4.78, 5) is 24.6. The predicted octanol–water partition coefficient (Wildman–Crippen LogP) is 4.66. The first kappa shape index (κ1) is 19.6. The lowest BCUT2D eigenvalue weighted by molar-refractivity contribution is 0.0950. The molecule has 0 aliphatic rings. The summed E-state index contributed by atoms with van der Waals surface area (Å²) < 4.78 is 18.4. The van der Waals surface area contributed by atoms with Crippen LogP contribution in [-0.2, 0) is 6.54 Å². The highest BCUT2D eigenvalue weighted by atomic mass is 19.1. The zero-order valence-corrected chi connectivity index (χ0v) is 17.1. The minimum Gasteiger partial charge on any atom is -0.345 e. The van der Waals surface area contributed by atoms with E-state index in [1.807, 2.05) is 25.1 Å². The predicted molar refractivity (Wildman–Crippen MR) is 117 cm³/mol. The van der Waals surface area contributed by atoms with Gasteiger partial charge in [-0.3, -0.25) is 4.79 Å². The fraction of sp³-hybridized carbons (Fsp3) is 0.0833. The molecule has 0 saturated heterocycles. The number of aromatic amines is 1. The van der Waals surface area contributed by atoms with E-state index in [2.05, 4.69) is 25.4 Å². The molecular formula is C24H18FN5O2. The highest BCUT2D eigenvalue weighted by molar-refractivity contribution is 5.94. The number of rotatable bonds is 5. The van der Waals surface area contributed by atoms with Crippen LogP contribution in [0.4, 0.5) is 4.39 Å². The van der Waals surface area contributed by atoms with Crippen molar-refractivity contribution < 1.29 is 13.7 Å². The molecule has 0 aliphatic carbocycles. The molecule has 0 unspecified atom stereocenters. The maximum absolute atomic E-state index is 13.1. The largest absolute Gasteiger partial charge is 0.345 e.